The van der Waals surface area contributed by atoms with Gasteiger partial charge in [0.05, 0.1) is 15.5 Å². The van der Waals surface area contributed by atoms with Gasteiger partial charge in [0.1, 0.15) is 0 Å². The Hall–Kier alpha value is -2.05. The first-order valence-electron chi connectivity index (χ1n) is 8.02. The molecule has 0 bridgehead atoms. The van der Waals surface area contributed by atoms with E-state index in [0.29, 0.717) is 11.9 Å². The van der Waals surface area contributed by atoms with Crippen LogP contribution in [0.3, 0.4) is 0 Å². The van der Waals surface area contributed by atoms with Crippen molar-refractivity contribution in [3.63, 3.8) is 0 Å². The molecule has 0 unspecified atom stereocenters. The van der Waals surface area contributed by atoms with E-state index in [0.717, 1.165) is 42.1 Å². The number of hydrazine groups is 1. The lowest BCUT2D eigenvalue weighted by molar-refractivity contribution is -0.117. The van der Waals surface area contributed by atoms with E-state index in [-0.39, 0.29) is 11.1 Å². The number of carbonyl (C=O) groups is 1. The van der Waals surface area contributed by atoms with Crippen LogP contribution in [0.25, 0.3) is 10.8 Å². The molecule has 27 heavy (non-hydrogen) atoms. The minimum atomic E-state index is -4.63. The summed E-state index contributed by atoms with van der Waals surface area (Å²) in [6.07, 6.45) is 1.62. The molecular weight excluding hydrogens is 396 g/mol. The third kappa shape index (κ3) is 5.02. The summed E-state index contributed by atoms with van der Waals surface area (Å²) in [4.78, 5) is 11.1. The molecule has 2 aromatic carbocycles. The smallest absolute Gasteiger partial charge is 0.282 e. The molecule has 0 saturated heterocycles. The first-order chi connectivity index (χ1) is 12.4. The van der Waals surface area contributed by atoms with Crippen molar-refractivity contribution in [1.82, 2.24) is 5.43 Å². The Balaban J connectivity index is 2.77. The van der Waals surface area contributed by atoms with E-state index in [9.17, 15) is 30.7 Å². The van der Waals surface area contributed by atoms with E-state index in [4.69, 9.17) is 0 Å². The topological polar surface area (TPSA) is 141 Å². The maximum atomic E-state index is 12.1. The number of hydrogen-bond acceptors (Lipinski definition) is 6. The van der Waals surface area contributed by atoms with E-state index in [1.54, 1.807) is 0 Å². The molecule has 0 aliphatic carbocycles. The summed E-state index contributed by atoms with van der Waals surface area (Å²) in [7, 11) is -9.14. The summed E-state index contributed by atoms with van der Waals surface area (Å²) < 4.78 is 64.6. The number of nitrogens with one attached hydrogen (secondary N) is 1. The van der Waals surface area contributed by atoms with Gasteiger partial charge >= 0.3 is 0 Å². The van der Waals surface area contributed by atoms with Crippen LogP contribution in [0, 0.1) is 0 Å². The van der Waals surface area contributed by atoms with Crippen LogP contribution in [0.1, 0.15) is 26.7 Å². The highest BCUT2D eigenvalue weighted by atomic mass is 32.2. The molecule has 1 amide bonds. The van der Waals surface area contributed by atoms with Crippen LogP contribution in [0.4, 0.5) is 5.69 Å². The van der Waals surface area contributed by atoms with Crippen molar-refractivity contribution in [2.75, 3.05) is 11.6 Å². The first kappa shape index (κ1) is 21.3. The third-order valence-electron chi connectivity index (χ3n) is 3.83. The quantitative estimate of drug-likeness (QED) is 0.353. The number of benzene rings is 2. The Bertz CT molecular complexity index is 1070. The van der Waals surface area contributed by atoms with Crippen molar-refractivity contribution < 1.29 is 30.7 Å². The zero-order valence-corrected chi connectivity index (χ0v) is 16.3. The molecule has 0 atom stereocenters. The van der Waals surface area contributed by atoms with Crippen LogP contribution in [-0.2, 0) is 25.0 Å². The summed E-state index contributed by atoms with van der Waals surface area (Å²) in [5.41, 5.74) is 3.02. The summed E-state index contributed by atoms with van der Waals surface area (Å²) in [6.45, 7) is 3.68. The summed E-state index contributed by atoms with van der Waals surface area (Å²) in [5.74, 6) is -0.432. The molecular formula is C16H20N2O7S2. The van der Waals surface area contributed by atoms with E-state index in [1.165, 1.54) is 13.0 Å². The van der Waals surface area contributed by atoms with E-state index in [1.807, 2.05) is 6.92 Å². The summed E-state index contributed by atoms with van der Waals surface area (Å²) in [5, 5.41) is 1.60. The Kier molecular flexibility index (Phi) is 6.22. The second-order valence-corrected chi connectivity index (χ2v) is 8.73. The van der Waals surface area contributed by atoms with E-state index < -0.39 is 35.9 Å². The van der Waals surface area contributed by atoms with Crippen LogP contribution < -0.4 is 10.4 Å². The van der Waals surface area contributed by atoms with Crippen molar-refractivity contribution in [2.45, 2.75) is 36.5 Å². The average molecular weight is 416 g/mol. The number of anilines is 1. The number of nitrogens with zero attached hydrogens (tertiary/aromatic N) is 1. The molecule has 2 rings (SSSR count). The zero-order valence-electron chi connectivity index (χ0n) is 14.7. The maximum Gasteiger partial charge on any atom is 0.294 e. The fraction of sp³-hybridized carbons (Fsp3) is 0.312. The molecule has 148 valence electrons. The van der Waals surface area contributed by atoms with E-state index in [2.05, 4.69) is 5.43 Å². The van der Waals surface area contributed by atoms with Crippen LogP contribution in [0.15, 0.2) is 40.1 Å². The van der Waals surface area contributed by atoms with Gasteiger partial charge in [-0.05, 0) is 36.1 Å². The average Bonchev–Trinajstić information content (AvgIpc) is 2.55. The number of unbranched alkanes of at least 4 members (excludes halogenated alkanes) is 1. The SMILES string of the molecule is CCCCNN(C(C)=O)c1cc(S(=O)(=O)O)cc2cc(S(=O)(=O)O)ccc12. The van der Waals surface area contributed by atoms with Crippen molar-refractivity contribution >= 4 is 42.6 Å². The number of rotatable bonds is 7. The molecule has 9 nitrogen and oxygen atoms in total. The number of amides is 1. The molecule has 0 aliphatic heterocycles. The molecule has 0 radical (unpaired) electrons. The minimum Gasteiger partial charge on any atom is -0.282 e. The second kappa shape index (κ2) is 7.90. The Labute approximate surface area is 157 Å². The van der Waals surface area contributed by atoms with Crippen LogP contribution in [0.5, 0.6) is 0 Å². The van der Waals surface area contributed by atoms with Gasteiger partial charge in [-0.1, -0.05) is 19.4 Å². The monoisotopic (exact) mass is 416 g/mol. The van der Waals surface area contributed by atoms with Crippen molar-refractivity contribution in [3.8, 4) is 0 Å². The number of fused-ring (bicyclic) bond motifs is 1. The van der Waals surface area contributed by atoms with Crippen LogP contribution in [-0.4, -0.2) is 38.4 Å². The molecule has 0 heterocycles. The summed E-state index contributed by atoms with van der Waals surface area (Å²) >= 11 is 0. The number of hydrogen-bond donors (Lipinski definition) is 3. The van der Waals surface area contributed by atoms with Crippen molar-refractivity contribution in [3.05, 3.63) is 30.3 Å². The predicted molar refractivity (Wildman–Crippen MR) is 99.6 cm³/mol. The zero-order chi connectivity index (χ0) is 20.4. The Morgan fingerprint density at radius 3 is 2.15 bits per heavy atom. The second-order valence-electron chi connectivity index (χ2n) is 5.89. The number of carbonyl (C=O) groups excluding carboxylic acids is 1. The highest BCUT2D eigenvalue weighted by Gasteiger charge is 2.21. The predicted octanol–water partition coefficient (Wildman–Crippen LogP) is 1.99. The molecule has 2 aromatic rings. The standard InChI is InChI=1S/C16H20N2O7S2/c1-3-4-7-17-18(11(2)19)16-10-14(27(23,24)25)9-12-8-13(26(20,21)22)5-6-15(12)16/h5-6,8-10,17H,3-4,7H2,1-2H3,(H,20,21,22)(H,23,24,25). The van der Waals surface area contributed by atoms with Gasteiger partial charge in [-0.25, -0.2) is 10.4 Å². The van der Waals surface area contributed by atoms with Crippen LogP contribution >= 0.6 is 0 Å². The highest BCUT2D eigenvalue weighted by molar-refractivity contribution is 7.86. The normalized spacial score (nSPS) is 12.3. The maximum absolute atomic E-state index is 12.1. The van der Waals surface area contributed by atoms with Crippen LogP contribution in [0.2, 0.25) is 0 Å². The minimum absolute atomic E-state index is 0.110. The largest absolute Gasteiger partial charge is 0.294 e. The van der Waals surface area contributed by atoms with Gasteiger partial charge in [0.25, 0.3) is 20.2 Å². The summed E-state index contributed by atoms with van der Waals surface area (Å²) in [6, 6.07) is 5.73. The Morgan fingerprint density at radius 1 is 1.04 bits per heavy atom. The van der Waals surface area contributed by atoms with Gasteiger partial charge in [0.2, 0.25) is 5.91 Å². The van der Waals surface area contributed by atoms with Gasteiger partial charge in [-0.3, -0.25) is 13.9 Å². The fourth-order valence-electron chi connectivity index (χ4n) is 2.53. The molecule has 0 saturated carbocycles. The van der Waals surface area contributed by atoms with Gasteiger partial charge in [-0.15, -0.1) is 0 Å². The molecule has 0 aliphatic rings. The van der Waals surface area contributed by atoms with Gasteiger partial charge in [0.15, 0.2) is 0 Å². The van der Waals surface area contributed by atoms with Crippen molar-refractivity contribution in [2.24, 2.45) is 0 Å². The van der Waals surface area contributed by atoms with Gasteiger partial charge < -0.3 is 0 Å². The molecule has 0 spiro atoms. The lowest BCUT2D eigenvalue weighted by Gasteiger charge is -2.24. The van der Waals surface area contributed by atoms with E-state index >= 15 is 0 Å². The lowest BCUT2D eigenvalue weighted by atomic mass is 10.1. The van der Waals surface area contributed by atoms with Gasteiger partial charge in [0, 0.05) is 18.9 Å². The molecule has 0 aromatic heterocycles. The lowest BCUT2D eigenvalue weighted by Crippen LogP contribution is -2.42. The molecule has 0 fully saturated rings. The molecule has 3 N–H and O–H groups in total. The first-order valence-corrected chi connectivity index (χ1v) is 10.9. The third-order valence-corrected chi connectivity index (χ3v) is 5.51. The van der Waals surface area contributed by atoms with Crippen molar-refractivity contribution in [1.29, 1.82) is 0 Å². The fourth-order valence-corrected chi connectivity index (χ4v) is 3.58. The molecule has 11 heteroatoms. The Morgan fingerprint density at radius 2 is 1.63 bits per heavy atom. The highest BCUT2D eigenvalue weighted by Crippen LogP contribution is 2.32. The van der Waals surface area contributed by atoms with Gasteiger partial charge in [-0.2, -0.15) is 16.8 Å².